The molecule has 0 aromatic carbocycles. The van der Waals surface area contributed by atoms with E-state index in [-0.39, 0.29) is 11.9 Å². The highest BCUT2D eigenvalue weighted by Gasteiger charge is 2.26. The smallest absolute Gasteiger partial charge is 0.222 e. The van der Waals surface area contributed by atoms with Crippen molar-refractivity contribution >= 4 is 17.2 Å². The number of carbonyl (C=O) groups is 1. The van der Waals surface area contributed by atoms with Crippen LogP contribution in [0.2, 0.25) is 0 Å². The van der Waals surface area contributed by atoms with Gasteiger partial charge in [-0.25, -0.2) is 4.98 Å². The molecule has 104 valence electrons. The third-order valence-corrected chi connectivity index (χ3v) is 4.30. The van der Waals surface area contributed by atoms with E-state index in [1.807, 2.05) is 0 Å². The maximum atomic E-state index is 11.8. The van der Waals surface area contributed by atoms with Gasteiger partial charge in [-0.15, -0.1) is 11.3 Å². The van der Waals surface area contributed by atoms with E-state index in [4.69, 9.17) is 4.74 Å². The van der Waals surface area contributed by atoms with Crippen molar-refractivity contribution in [1.29, 1.82) is 0 Å². The van der Waals surface area contributed by atoms with Gasteiger partial charge in [0.1, 0.15) is 5.01 Å². The highest BCUT2D eigenvalue weighted by molar-refractivity contribution is 7.09. The molecule has 1 saturated carbocycles. The molecule has 1 unspecified atom stereocenters. The van der Waals surface area contributed by atoms with Gasteiger partial charge in [0, 0.05) is 30.3 Å². The van der Waals surface area contributed by atoms with Crippen LogP contribution in [0.5, 0.6) is 0 Å². The number of hydrogen-bond acceptors (Lipinski definition) is 5. The molecule has 0 radical (unpaired) electrons. The van der Waals surface area contributed by atoms with E-state index in [1.165, 1.54) is 18.5 Å². The minimum atomic E-state index is 0.0613. The third-order valence-electron chi connectivity index (χ3n) is 3.43. The zero-order valence-electron chi connectivity index (χ0n) is 10.9. The summed E-state index contributed by atoms with van der Waals surface area (Å²) in [5.74, 6) is 0.746. The van der Waals surface area contributed by atoms with Crippen molar-refractivity contribution in [2.75, 3.05) is 19.8 Å². The minimum Gasteiger partial charge on any atom is -0.378 e. The van der Waals surface area contributed by atoms with Crippen LogP contribution in [0.4, 0.5) is 0 Å². The van der Waals surface area contributed by atoms with Crippen LogP contribution < -0.4 is 10.6 Å². The van der Waals surface area contributed by atoms with Gasteiger partial charge in [0.15, 0.2) is 0 Å². The van der Waals surface area contributed by atoms with Gasteiger partial charge < -0.3 is 15.4 Å². The van der Waals surface area contributed by atoms with Crippen LogP contribution in [0.1, 0.15) is 35.9 Å². The van der Waals surface area contributed by atoms with Gasteiger partial charge in [0.25, 0.3) is 0 Å². The van der Waals surface area contributed by atoms with E-state index in [1.54, 1.807) is 11.3 Å². The summed E-state index contributed by atoms with van der Waals surface area (Å²) in [5, 5.41) is 9.33. The summed E-state index contributed by atoms with van der Waals surface area (Å²) in [7, 11) is 0. The van der Waals surface area contributed by atoms with Crippen molar-refractivity contribution < 1.29 is 9.53 Å². The molecule has 1 saturated heterocycles. The quantitative estimate of drug-likeness (QED) is 0.846. The van der Waals surface area contributed by atoms with Crippen LogP contribution in [0.3, 0.4) is 0 Å². The van der Waals surface area contributed by atoms with E-state index < -0.39 is 0 Å². The van der Waals surface area contributed by atoms with Crippen LogP contribution in [-0.4, -0.2) is 36.7 Å². The number of thiazole rings is 1. The molecule has 1 aliphatic heterocycles. The first kappa shape index (κ1) is 13.0. The molecule has 1 atom stereocenters. The Bertz CT molecular complexity index is 439. The fourth-order valence-corrected chi connectivity index (χ4v) is 3.01. The molecule has 3 rings (SSSR count). The van der Waals surface area contributed by atoms with Crippen LogP contribution in [-0.2, 0) is 16.1 Å². The average molecular weight is 281 g/mol. The van der Waals surface area contributed by atoms with Crippen molar-refractivity contribution in [3.63, 3.8) is 0 Å². The molecule has 2 heterocycles. The number of hydrogen-bond donors (Lipinski definition) is 2. The summed E-state index contributed by atoms with van der Waals surface area (Å²) in [6.45, 7) is 2.73. The van der Waals surface area contributed by atoms with Crippen molar-refractivity contribution in [2.45, 2.75) is 37.8 Å². The van der Waals surface area contributed by atoms with Crippen molar-refractivity contribution in [1.82, 2.24) is 15.6 Å². The lowest BCUT2D eigenvalue weighted by atomic mass is 10.2. The second kappa shape index (κ2) is 5.98. The molecular weight excluding hydrogens is 262 g/mol. The molecule has 1 aliphatic carbocycles. The first-order chi connectivity index (χ1) is 9.31. The van der Waals surface area contributed by atoms with Crippen molar-refractivity contribution in [3.8, 4) is 0 Å². The van der Waals surface area contributed by atoms with Gasteiger partial charge in [-0.1, -0.05) is 0 Å². The highest BCUT2D eigenvalue weighted by atomic mass is 32.1. The highest BCUT2D eigenvalue weighted by Crippen LogP contribution is 2.40. The Morgan fingerprint density at radius 2 is 2.47 bits per heavy atom. The fraction of sp³-hybridized carbons (Fsp3) is 0.692. The van der Waals surface area contributed by atoms with E-state index in [0.717, 1.165) is 18.2 Å². The van der Waals surface area contributed by atoms with Gasteiger partial charge >= 0.3 is 0 Å². The zero-order valence-corrected chi connectivity index (χ0v) is 11.7. The topological polar surface area (TPSA) is 63.2 Å². The van der Waals surface area contributed by atoms with E-state index in [0.29, 0.717) is 25.5 Å². The maximum absolute atomic E-state index is 11.8. The number of aromatic nitrogens is 1. The molecule has 0 bridgehead atoms. The van der Waals surface area contributed by atoms with Gasteiger partial charge in [-0.2, -0.15) is 0 Å². The normalized spacial score (nSPS) is 23.3. The van der Waals surface area contributed by atoms with Gasteiger partial charge in [0.05, 0.1) is 25.5 Å². The lowest BCUT2D eigenvalue weighted by Gasteiger charge is -2.23. The third kappa shape index (κ3) is 3.75. The molecule has 5 nitrogen and oxygen atoms in total. The second-order valence-electron chi connectivity index (χ2n) is 5.15. The first-order valence-corrected chi connectivity index (χ1v) is 7.71. The predicted molar refractivity (Wildman–Crippen MR) is 73.2 cm³/mol. The Kier molecular flexibility index (Phi) is 4.10. The zero-order chi connectivity index (χ0) is 13.1. The SMILES string of the molecule is O=C(CC1COCCN1)NCc1nc(C2CC2)cs1. The molecule has 1 aromatic rings. The number of nitrogens with zero attached hydrogens (tertiary/aromatic N) is 1. The van der Waals surface area contributed by atoms with Gasteiger partial charge in [0.2, 0.25) is 5.91 Å². The van der Waals surface area contributed by atoms with Crippen molar-refractivity contribution in [3.05, 3.63) is 16.1 Å². The second-order valence-corrected chi connectivity index (χ2v) is 6.09. The molecule has 1 amide bonds. The summed E-state index contributed by atoms with van der Waals surface area (Å²) in [6.07, 6.45) is 3.01. The summed E-state index contributed by atoms with van der Waals surface area (Å²) in [6, 6.07) is 0.145. The van der Waals surface area contributed by atoms with E-state index in [9.17, 15) is 4.79 Å². The Morgan fingerprint density at radius 1 is 1.58 bits per heavy atom. The van der Waals surface area contributed by atoms with Crippen LogP contribution >= 0.6 is 11.3 Å². The Hall–Kier alpha value is -0.980. The number of carbonyl (C=O) groups excluding carboxylic acids is 1. The van der Waals surface area contributed by atoms with Crippen molar-refractivity contribution in [2.24, 2.45) is 0 Å². The van der Waals surface area contributed by atoms with Gasteiger partial charge in [-0.05, 0) is 12.8 Å². The molecule has 2 N–H and O–H groups in total. The Balaban J connectivity index is 1.41. The molecule has 6 heteroatoms. The summed E-state index contributed by atoms with van der Waals surface area (Å²) < 4.78 is 5.33. The molecule has 2 fully saturated rings. The fourth-order valence-electron chi connectivity index (χ4n) is 2.19. The molecular formula is C13H19N3O2S. The molecule has 2 aliphatic rings. The number of amides is 1. The molecule has 1 aromatic heterocycles. The lowest BCUT2D eigenvalue weighted by Crippen LogP contribution is -2.44. The van der Waals surface area contributed by atoms with Crippen LogP contribution in [0, 0.1) is 0 Å². The average Bonchev–Trinajstić information content (AvgIpc) is 3.17. The van der Waals surface area contributed by atoms with E-state index in [2.05, 4.69) is 21.0 Å². The largest absolute Gasteiger partial charge is 0.378 e. The Morgan fingerprint density at radius 3 is 3.21 bits per heavy atom. The first-order valence-electron chi connectivity index (χ1n) is 6.83. The number of morpholine rings is 1. The lowest BCUT2D eigenvalue weighted by molar-refractivity contribution is -0.122. The summed E-state index contributed by atoms with van der Waals surface area (Å²) >= 11 is 1.64. The standard InChI is InChI=1S/C13H19N3O2S/c17-12(5-10-7-18-4-3-14-10)15-6-13-16-11(8-19-13)9-1-2-9/h8-10,14H,1-7H2,(H,15,17). The van der Waals surface area contributed by atoms with Gasteiger partial charge in [-0.3, -0.25) is 4.79 Å². The number of rotatable bonds is 5. The van der Waals surface area contributed by atoms with Crippen LogP contribution in [0.15, 0.2) is 5.38 Å². The predicted octanol–water partition coefficient (Wildman–Crippen LogP) is 1.02. The summed E-state index contributed by atoms with van der Waals surface area (Å²) in [4.78, 5) is 16.4. The molecule has 19 heavy (non-hydrogen) atoms. The van der Waals surface area contributed by atoms with Crippen LogP contribution in [0.25, 0.3) is 0 Å². The van der Waals surface area contributed by atoms with E-state index >= 15 is 0 Å². The molecule has 0 spiro atoms. The Labute approximate surface area is 116 Å². The summed E-state index contributed by atoms with van der Waals surface area (Å²) in [5.41, 5.74) is 1.21. The monoisotopic (exact) mass is 281 g/mol. The number of nitrogens with one attached hydrogen (secondary N) is 2. The minimum absolute atomic E-state index is 0.0613. The maximum Gasteiger partial charge on any atom is 0.222 e. The number of ether oxygens (including phenoxy) is 1.